The van der Waals surface area contributed by atoms with Crippen molar-refractivity contribution in [3.8, 4) is 5.75 Å². The molecule has 8 heteroatoms. The molecule has 0 aliphatic carbocycles. The molecule has 1 heterocycles. The highest BCUT2D eigenvalue weighted by molar-refractivity contribution is 6.53. The summed E-state index contributed by atoms with van der Waals surface area (Å²) in [5.74, 6) is -1.28. The van der Waals surface area contributed by atoms with Crippen LogP contribution in [-0.2, 0) is 9.59 Å². The van der Waals surface area contributed by atoms with Crippen LogP contribution in [0.3, 0.4) is 0 Å². The minimum atomic E-state index is -0.598. The van der Waals surface area contributed by atoms with E-state index in [0.717, 1.165) is 21.6 Å². The summed E-state index contributed by atoms with van der Waals surface area (Å²) in [5.41, 5.74) is 3.78. The number of nitrogens with zero attached hydrogens (tertiary/aromatic N) is 1. The van der Waals surface area contributed by atoms with Gasteiger partial charge in [-0.05, 0) is 80.4 Å². The predicted octanol–water partition coefficient (Wildman–Crippen LogP) is 5.92. The molecule has 0 saturated carbocycles. The maximum atomic E-state index is 13.0. The zero-order chi connectivity index (χ0) is 24.6. The molecular weight excluding hydrogens is 475 g/mol. The quantitative estimate of drug-likeness (QED) is 0.270. The summed E-state index contributed by atoms with van der Waals surface area (Å²) in [6.45, 7) is 5.55. The van der Waals surface area contributed by atoms with E-state index in [1.54, 1.807) is 55.5 Å². The molecule has 0 atom stereocenters. The lowest BCUT2D eigenvalue weighted by atomic mass is 10.1. The Kier molecular flexibility index (Phi) is 6.46. The third-order valence-electron chi connectivity index (χ3n) is 5.35. The van der Waals surface area contributed by atoms with E-state index in [1.165, 1.54) is 0 Å². The van der Waals surface area contributed by atoms with Crippen molar-refractivity contribution in [1.82, 2.24) is 0 Å². The van der Waals surface area contributed by atoms with Crippen LogP contribution in [0.2, 0.25) is 5.02 Å². The van der Waals surface area contributed by atoms with Gasteiger partial charge in [-0.15, -0.1) is 0 Å². The third-order valence-corrected chi connectivity index (χ3v) is 5.94. The molecule has 1 aliphatic heterocycles. The number of amides is 2. The minimum absolute atomic E-state index is 0.0289. The Balaban J connectivity index is 1.50. The van der Waals surface area contributed by atoms with E-state index in [1.807, 2.05) is 26.0 Å². The number of anilines is 2. The second-order valence-corrected chi connectivity index (χ2v) is 8.74. The zero-order valence-electron chi connectivity index (χ0n) is 18.6. The zero-order valence-corrected chi connectivity index (χ0v) is 20.1. The average molecular weight is 495 g/mol. The molecule has 1 N–H and O–H groups in total. The van der Waals surface area contributed by atoms with Gasteiger partial charge in [0.05, 0.1) is 11.3 Å². The van der Waals surface area contributed by atoms with Gasteiger partial charge in [-0.3, -0.25) is 9.59 Å². The van der Waals surface area contributed by atoms with Crippen LogP contribution in [0.5, 0.6) is 5.75 Å². The molecule has 34 heavy (non-hydrogen) atoms. The van der Waals surface area contributed by atoms with Gasteiger partial charge in [-0.1, -0.05) is 40.9 Å². The lowest BCUT2D eigenvalue weighted by Crippen LogP contribution is -2.32. The maximum absolute atomic E-state index is 13.0. The molecule has 0 radical (unpaired) electrons. The first kappa shape index (κ1) is 23.5. The molecule has 0 unspecified atom stereocenters. The maximum Gasteiger partial charge on any atom is 0.343 e. The van der Waals surface area contributed by atoms with Crippen LogP contribution in [0.15, 0.2) is 71.4 Å². The number of hydrogen-bond donors (Lipinski definition) is 1. The van der Waals surface area contributed by atoms with E-state index in [-0.39, 0.29) is 10.7 Å². The molecule has 172 valence electrons. The van der Waals surface area contributed by atoms with E-state index in [2.05, 4.69) is 5.32 Å². The molecular formula is C26H20Cl2N2O4. The number of nitrogens with one attached hydrogen (secondary N) is 1. The first-order chi connectivity index (χ1) is 16.2. The fourth-order valence-electron chi connectivity index (χ4n) is 3.61. The molecule has 3 aromatic carbocycles. The minimum Gasteiger partial charge on any atom is -0.423 e. The molecule has 2 amide bonds. The summed E-state index contributed by atoms with van der Waals surface area (Å²) in [7, 11) is 0. The van der Waals surface area contributed by atoms with Crippen LogP contribution in [-0.4, -0.2) is 17.8 Å². The third kappa shape index (κ3) is 4.55. The van der Waals surface area contributed by atoms with E-state index >= 15 is 0 Å². The number of esters is 1. The van der Waals surface area contributed by atoms with Gasteiger partial charge in [-0.25, -0.2) is 9.69 Å². The van der Waals surface area contributed by atoms with Crippen molar-refractivity contribution in [2.75, 3.05) is 10.2 Å². The number of rotatable bonds is 5. The van der Waals surface area contributed by atoms with Gasteiger partial charge in [0.15, 0.2) is 0 Å². The van der Waals surface area contributed by atoms with Gasteiger partial charge in [0.25, 0.3) is 11.8 Å². The Morgan fingerprint density at radius 3 is 2.21 bits per heavy atom. The summed E-state index contributed by atoms with van der Waals surface area (Å²) in [4.78, 5) is 39.3. The SMILES string of the molecule is Cc1ccc(N2C(=O)C(Cl)=C(Nc3ccc(C(=O)Oc4ccc(Cl)cc4C)cc3)C2=O)c(C)c1. The highest BCUT2D eigenvalue weighted by atomic mass is 35.5. The molecule has 0 bridgehead atoms. The number of imide groups is 1. The number of carbonyl (C=O) groups is 3. The summed E-state index contributed by atoms with van der Waals surface area (Å²) in [5, 5.41) is 3.25. The van der Waals surface area contributed by atoms with Gasteiger partial charge >= 0.3 is 5.97 Å². The van der Waals surface area contributed by atoms with Crippen LogP contribution in [0.25, 0.3) is 0 Å². The highest BCUT2D eigenvalue weighted by Crippen LogP contribution is 2.32. The summed E-state index contributed by atoms with van der Waals surface area (Å²) in [6.07, 6.45) is 0. The van der Waals surface area contributed by atoms with Crippen LogP contribution in [0, 0.1) is 20.8 Å². The second kappa shape index (κ2) is 9.33. The molecule has 0 fully saturated rings. The molecule has 0 aromatic heterocycles. The van der Waals surface area contributed by atoms with Crippen LogP contribution < -0.4 is 15.0 Å². The number of halogens is 2. The topological polar surface area (TPSA) is 75.7 Å². The monoisotopic (exact) mass is 494 g/mol. The van der Waals surface area contributed by atoms with Gasteiger partial charge < -0.3 is 10.1 Å². The summed E-state index contributed by atoms with van der Waals surface area (Å²) >= 11 is 12.2. The molecule has 1 aliphatic rings. The smallest absolute Gasteiger partial charge is 0.343 e. The Labute approximate surface area is 206 Å². The van der Waals surface area contributed by atoms with E-state index in [0.29, 0.717) is 27.7 Å². The number of hydrogen-bond acceptors (Lipinski definition) is 5. The van der Waals surface area contributed by atoms with Gasteiger partial charge in [0.2, 0.25) is 0 Å². The van der Waals surface area contributed by atoms with Crippen molar-refractivity contribution >= 4 is 52.4 Å². The Hall–Kier alpha value is -3.61. The van der Waals surface area contributed by atoms with E-state index in [9.17, 15) is 14.4 Å². The van der Waals surface area contributed by atoms with E-state index < -0.39 is 17.8 Å². The van der Waals surface area contributed by atoms with Gasteiger partial charge in [0, 0.05) is 10.7 Å². The van der Waals surface area contributed by atoms with Crippen molar-refractivity contribution in [3.63, 3.8) is 0 Å². The molecule has 0 spiro atoms. The number of benzene rings is 3. The summed E-state index contributed by atoms with van der Waals surface area (Å²) in [6, 6.07) is 16.7. The molecule has 6 nitrogen and oxygen atoms in total. The lowest BCUT2D eigenvalue weighted by molar-refractivity contribution is -0.120. The fraction of sp³-hybridized carbons (Fsp3) is 0.115. The Bertz CT molecular complexity index is 1360. The van der Waals surface area contributed by atoms with E-state index in [4.69, 9.17) is 27.9 Å². The van der Waals surface area contributed by atoms with Crippen LogP contribution in [0.4, 0.5) is 11.4 Å². The Morgan fingerprint density at radius 1 is 0.853 bits per heavy atom. The van der Waals surface area contributed by atoms with Crippen molar-refractivity contribution in [2.45, 2.75) is 20.8 Å². The number of aryl methyl sites for hydroxylation is 3. The predicted molar refractivity (Wildman–Crippen MR) is 133 cm³/mol. The first-order valence-electron chi connectivity index (χ1n) is 10.4. The molecule has 4 rings (SSSR count). The number of carbonyl (C=O) groups excluding carboxylic acids is 3. The molecule has 0 saturated heterocycles. The van der Waals surface area contributed by atoms with Gasteiger partial charge in [0.1, 0.15) is 16.5 Å². The average Bonchev–Trinajstić information content (AvgIpc) is 2.99. The normalized spacial score (nSPS) is 13.5. The standard InChI is InChI=1S/C26H20Cl2N2O4/c1-14-4-10-20(15(2)12-14)30-24(31)22(28)23(25(30)32)29-19-8-5-17(6-9-19)26(33)34-21-11-7-18(27)13-16(21)3/h4-13,29H,1-3H3. The van der Waals surface area contributed by atoms with Crippen molar-refractivity contribution in [3.05, 3.63) is 98.7 Å². The van der Waals surface area contributed by atoms with Crippen molar-refractivity contribution in [2.24, 2.45) is 0 Å². The second-order valence-electron chi connectivity index (χ2n) is 7.93. The van der Waals surface area contributed by atoms with Crippen LogP contribution in [0.1, 0.15) is 27.0 Å². The summed E-state index contributed by atoms with van der Waals surface area (Å²) < 4.78 is 5.44. The molecule has 3 aromatic rings. The van der Waals surface area contributed by atoms with Crippen LogP contribution >= 0.6 is 23.2 Å². The largest absolute Gasteiger partial charge is 0.423 e. The van der Waals surface area contributed by atoms with Crippen molar-refractivity contribution in [1.29, 1.82) is 0 Å². The Morgan fingerprint density at radius 2 is 1.56 bits per heavy atom. The number of ether oxygens (including phenoxy) is 1. The lowest BCUT2D eigenvalue weighted by Gasteiger charge is -2.18. The first-order valence-corrected chi connectivity index (χ1v) is 11.1. The highest BCUT2D eigenvalue weighted by Gasteiger charge is 2.39. The van der Waals surface area contributed by atoms with Crippen molar-refractivity contribution < 1.29 is 19.1 Å². The van der Waals surface area contributed by atoms with Gasteiger partial charge in [-0.2, -0.15) is 0 Å². The fourth-order valence-corrected chi connectivity index (χ4v) is 4.05.